The Hall–Kier alpha value is -3.48. The first-order valence-electron chi connectivity index (χ1n) is 9.46. The molecule has 2 fully saturated rings. The van der Waals surface area contributed by atoms with Crippen molar-refractivity contribution in [2.75, 3.05) is 22.9 Å². The van der Waals surface area contributed by atoms with Gasteiger partial charge >= 0.3 is 6.03 Å². The number of urea groups is 1. The maximum atomic E-state index is 13.6. The number of nitrogens with one attached hydrogen (secondary N) is 1. The van der Waals surface area contributed by atoms with Gasteiger partial charge < -0.3 is 4.90 Å². The van der Waals surface area contributed by atoms with Crippen molar-refractivity contribution in [1.82, 2.24) is 5.32 Å². The number of barbiturate groups is 1. The highest BCUT2D eigenvalue weighted by Gasteiger charge is 2.36. The molecule has 0 aliphatic carbocycles. The summed E-state index contributed by atoms with van der Waals surface area (Å²) in [5.74, 6) is -2.14. The fraction of sp³-hybridized carbons (Fsp3) is 0.227. The van der Waals surface area contributed by atoms with Crippen molar-refractivity contribution in [2.45, 2.75) is 19.8 Å². The topological polar surface area (TPSA) is 69.7 Å². The average molecular weight is 393 g/mol. The van der Waals surface area contributed by atoms with Gasteiger partial charge in [0.1, 0.15) is 11.4 Å². The van der Waals surface area contributed by atoms with Crippen LogP contribution in [-0.4, -0.2) is 30.9 Å². The number of hydrogen-bond donors (Lipinski definition) is 1. The van der Waals surface area contributed by atoms with Crippen molar-refractivity contribution in [3.63, 3.8) is 0 Å². The van der Waals surface area contributed by atoms with Gasteiger partial charge in [0.15, 0.2) is 0 Å². The highest BCUT2D eigenvalue weighted by atomic mass is 19.1. The predicted octanol–water partition coefficient (Wildman–Crippen LogP) is 3.40. The lowest BCUT2D eigenvalue weighted by atomic mass is 10.0. The summed E-state index contributed by atoms with van der Waals surface area (Å²) in [5, 5.41) is 2.15. The van der Waals surface area contributed by atoms with Crippen LogP contribution in [0.5, 0.6) is 0 Å². The van der Waals surface area contributed by atoms with E-state index in [1.165, 1.54) is 37.1 Å². The molecule has 0 radical (unpaired) electrons. The maximum Gasteiger partial charge on any atom is 0.335 e. The summed E-state index contributed by atoms with van der Waals surface area (Å²) in [7, 11) is 0. The summed E-state index contributed by atoms with van der Waals surface area (Å²) in [6.45, 7) is 4.03. The van der Waals surface area contributed by atoms with Crippen molar-refractivity contribution in [3.8, 4) is 0 Å². The standard InChI is InChI=1S/C22H20FN3O3/c1-14-11-15(7-8-19(14)25-9-2-3-10-25)12-18-20(27)24-22(29)26(21(18)28)17-6-4-5-16(23)13-17/h4-8,11-13H,2-3,9-10H2,1H3,(H,24,27,29)/b18-12-. The molecule has 29 heavy (non-hydrogen) atoms. The third-order valence-electron chi connectivity index (χ3n) is 5.15. The molecule has 0 bridgehead atoms. The Morgan fingerprint density at radius 1 is 1.03 bits per heavy atom. The average Bonchev–Trinajstić information content (AvgIpc) is 3.19. The fourth-order valence-corrected chi connectivity index (χ4v) is 3.76. The second-order valence-electron chi connectivity index (χ2n) is 7.18. The zero-order chi connectivity index (χ0) is 20.5. The fourth-order valence-electron chi connectivity index (χ4n) is 3.76. The van der Waals surface area contributed by atoms with Gasteiger partial charge in [0.25, 0.3) is 11.8 Å². The lowest BCUT2D eigenvalue weighted by molar-refractivity contribution is -0.122. The first-order chi connectivity index (χ1) is 13.9. The highest BCUT2D eigenvalue weighted by Crippen LogP contribution is 2.27. The maximum absolute atomic E-state index is 13.6. The zero-order valence-corrected chi connectivity index (χ0v) is 15.9. The van der Waals surface area contributed by atoms with Crippen molar-refractivity contribution in [1.29, 1.82) is 0 Å². The second-order valence-corrected chi connectivity index (χ2v) is 7.18. The molecule has 2 aromatic rings. The molecule has 2 aliphatic rings. The first-order valence-corrected chi connectivity index (χ1v) is 9.46. The molecular formula is C22H20FN3O3. The van der Waals surface area contributed by atoms with E-state index in [-0.39, 0.29) is 11.3 Å². The van der Waals surface area contributed by atoms with Gasteiger partial charge in [-0.2, -0.15) is 0 Å². The molecule has 0 saturated carbocycles. The largest absolute Gasteiger partial charge is 0.371 e. The van der Waals surface area contributed by atoms with Crippen LogP contribution in [0.15, 0.2) is 48.0 Å². The quantitative estimate of drug-likeness (QED) is 0.641. The van der Waals surface area contributed by atoms with Crippen LogP contribution in [0.3, 0.4) is 0 Å². The third-order valence-corrected chi connectivity index (χ3v) is 5.15. The molecule has 2 heterocycles. The van der Waals surface area contributed by atoms with E-state index in [0.29, 0.717) is 5.56 Å². The number of hydrogen-bond acceptors (Lipinski definition) is 4. The van der Waals surface area contributed by atoms with Gasteiger partial charge in [-0.1, -0.05) is 12.1 Å². The van der Waals surface area contributed by atoms with Crippen LogP contribution < -0.4 is 15.1 Å². The highest BCUT2D eigenvalue weighted by molar-refractivity contribution is 6.39. The van der Waals surface area contributed by atoms with E-state index in [2.05, 4.69) is 10.2 Å². The molecule has 4 rings (SSSR count). The molecule has 7 heteroatoms. The molecule has 0 aromatic heterocycles. The number of anilines is 2. The van der Waals surface area contributed by atoms with Gasteiger partial charge in [-0.05, 0) is 67.3 Å². The van der Waals surface area contributed by atoms with Crippen molar-refractivity contribution in [2.24, 2.45) is 0 Å². The Bertz CT molecular complexity index is 1040. The van der Waals surface area contributed by atoms with Gasteiger partial charge in [0, 0.05) is 18.8 Å². The van der Waals surface area contributed by atoms with Crippen molar-refractivity contribution >= 4 is 35.3 Å². The number of nitrogens with zero attached hydrogens (tertiary/aromatic N) is 2. The van der Waals surface area contributed by atoms with E-state index in [1.54, 1.807) is 0 Å². The molecule has 148 valence electrons. The monoisotopic (exact) mass is 393 g/mol. The van der Waals surface area contributed by atoms with Gasteiger partial charge in [0.2, 0.25) is 0 Å². The Balaban J connectivity index is 1.67. The summed E-state index contributed by atoms with van der Waals surface area (Å²) < 4.78 is 13.6. The Morgan fingerprint density at radius 3 is 2.48 bits per heavy atom. The van der Waals surface area contributed by atoms with Crippen molar-refractivity contribution in [3.05, 3.63) is 65.0 Å². The number of rotatable bonds is 3. The number of halogens is 1. The summed E-state index contributed by atoms with van der Waals surface area (Å²) in [6, 6.07) is 9.94. The molecule has 0 spiro atoms. The SMILES string of the molecule is Cc1cc(/C=C2/C(=O)NC(=O)N(c3cccc(F)c3)C2=O)ccc1N1CCCC1. The van der Waals surface area contributed by atoms with Gasteiger partial charge in [-0.15, -0.1) is 0 Å². The molecule has 0 atom stereocenters. The van der Waals surface area contributed by atoms with Gasteiger partial charge in [0.05, 0.1) is 5.69 Å². The molecule has 1 N–H and O–H groups in total. The van der Waals surface area contributed by atoms with Crippen LogP contribution in [0.1, 0.15) is 24.0 Å². The van der Waals surface area contributed by atoms with E-state index in [1.807, 2.05) is 25.1 Å². The summed E-state index contributed by atoms with van der Waals surface area (Å²) >= 11 is 0. The predicted molar refractivity (Wildman–Crippen MR) is 108 cm³/mol. The van der Waals surface area contributed by atoms with E-state index in [0.717, 1.165) is 35.3 Å². The summed E-state index contributed by atoms with van der Waals surface area (Å²) in [5.41, 5.74) is 2.75. The number of carbonyl (C=O) groups excluding carboxylic acids is 3. The Labute approximate surface area is 167 Å². The zero-order valence-electron chi connectivity index (χ0n) is 15.9. The number of aryl methyl sites for hydroxylation is 1. The first kappa shape index (κ1) is 18.9. The number of benzene rings is 2. The normalized spacial score (nSPS) is 18.6. The van der Waals surface area contributed by atoms with Crippen LogP contribution in [0, 0.1) is 12.7 Å². The van der Waals surface area contributed by atoms with Crippen LogP contribution >= 0.6 is 0 Å². The van der Waals surface area contributed by atoms with E-state index in [9.17, 15) is 18.8 Å². The molecule has 2 aliphatic heterocycles. The van der Waals surface area contributed by atoms with Crippen LogP contribution in [0.25, 0.3) is 6.08 Å². The molecular weight excluding hydrogens is 373 g/mol. The van der Waals surface area contributed by atoms with E-state index >= 15 is 0 Å². The minimum absolute atomic E-state index is 0.0615. The minimum atomic E-state index is -0.900. The van der Waals surface area contributed by atoms with E-state index < -0.39 is 23.7 Å². The number of imide groups is 2. The minimum Gasteiger partial charge on any atom is -0.371 e. The Morgan fingerprint density at radius 2 is 1.79 bits per heavy atom. The molecule has 6 nitrogen and oxygen atoms in total. The molecule has 4 amide bonds. The van der Waals surface area contributed by atoms with Gasteiger partial charge in [-0.25, -0.2) is 14.1 Å². The molecule has 2 aromatic carbocycles. The van der Waals surface area contributed by atoms with Gasteiger partial charge in [-0.3, -0.25) is 14.9 Å². The summed E-state index contributed by atoms with van der Waals surface area (Å²) in [6.07, 6.45) is 3.80. The van der Waals surface area contributed by atoms with Crippen LogP contribution in [0.2, 0.25) is 0 Å². The lowest BCUT2D eigenvalue weighted by Gasteiger charge is -2.26. The Kier molecular flexibility index (Phi) is 4.88. The van der Waals surface area contributed by atoms with E-state index in [4.69, 9.17) is 0 Å². The number of carbonyl (C=O) groups is 3. The second kappa shape index (κ2) is 7.50. The summed E-state index contributed by atoms with van der Waals surface area (Å²) in [4.78, 5) is 40.4. The van der Waals surface area contributed by atoms with Crippen LogP contribution in [-0.2, 0) is 9.59 Å². The smallest absolute Gasteiger partial charge is 0.335 e. The molecule has 2 saturated heterocycles. The van der Waals surface area contributed by atoms with Crippen molar-refractivity contribution < 1.29 is 18.8 Å². The number of amides is 4. The molecule has 0 unspecified atom stereocenters. The lowest BCUT2D eigenvalue weighted by Crippen LogP contribution is -2.54. The van der Waals surface area contributed by atoms with Crippen LogP contribution in [0.4, 0.5) is 20.6 Å². The third kappa shape index (κ3) is 3.63.